The Morgan fingerprint density at radius 1 is 1.14 bits per heavy atom. The van der Waals surface area contributed by atoms with Gasteiger partial charge in [0.1, 0.15) is 11.8 Å². The molecule has 28 heavy (non-hydrogen) atoms. The van der Waals surface area contributed by atoms with Crippen molar-refractivity contribution in [1.82, 2.24) is 10.2 Å². The van der Waals surface area contributed by atoms with Crippen LogP contribution in [-0.2, 0) is 16.1 Å². The van der Waals surface area contributed by atoms with Crippen molar-refractivity contribution in [2.75, 3.05) is 13.2 Å². The van der Waals surface area contributed by atoms with Crippen LogP contribution in [0.1, 0.15) is 19.4 Å². The molecule has 0 saturated carbocycles. The van der Waals surface area contributed by atoms with Crippen molar-refractivity contribution in [3.63, 3.8) is 0 Å². The molecule has 1 unspecified atom stereocenters. The fourth-order valence-electron chi connectivity index (χ4n) is 2.52. The van der Waals surface area contributed by atoms with Gasteiger partial charge in [-0.3, -0.25) is 9.59 Å². The van der Waals surface area contributed by atoms with Gasteiger partial charge in [-0.05, 0) is 50.2 Å². The molecular weight excluding hydrogens is 467 g/mol. The minimum absolute atomic E-state index is 0.0966. The highest BCUT2D eigenvalue weighted by molar-refractivity contribution is 9.10. The summed E-state index contributed by atoms with van der Waals surface area (Å²) in [5.41, 5.74) is 0.582. The van der Waals surface area contributed by atoms with E-state index in [9.17, 15) is 9.59 Å². The summed E-state index contributed by atoms with van der Waals surface area (Å²) in [6, 6.07) is 11.5. The molecule has 0 aromatic heterocycles. The maximum Gasteiger partial charge on any atom is 0.261 e. The van der Waals surface area contributed by atoms with Crippen LogP contribution in [0.25, 0.3) is 0 Å². The van der Waals surface area contributed by atoms with E-state index in [0.717, 1.165) is 4.47 Å². The van der Waals surface area contributed by atoms with Gasteiger partial charge in [-0.15, -0.1) is 0 Å². The molecular formula is C20H21BrCl2N2O3. The third-order valence-electron chi connectivity index (χ3n) is 4.08. The van der Waals surface area contributed by atoms with E-state index in [1.54, 1.807) is 37.3 Å². The average Bonchev–Trinajstić information content (AvgIpc) is 2.67. The maximum absolute atomic E-state index is 12.9. The van der Waals surface area contributed by atoms with Crippen molar-refractivity contribution in [3.05, 3.63) is 62.5 Å². The van der Waals surface area contributed by atoms with Crippen molar-refractivity contribution in [2.24, 2.45) is 0 Å². The van der Waals surface area contributed by atoms with Crippen molar-refractivity contribution < 1.29 is 14.3 Å². The number of carbonyl (C=O) groups excluding carboxylic acids is 2. The van der Waals surface area contributed by atoms with Crippen LogP contribution in [0.5, 0.6) is 5.75 Å². The fourth-order valence-corrected chi connectivity index (χ4v) is 3.30. The van der Waals surface area contributed by atoms with Crippen LogP contribution in [-0.4, -0.2) is 35.9 Å². The molecule has 150 valence electrons. The Bertz CT molecular complexity index is 810. The topological polar surface area (TPSA) is 58.6 Å². The quantitative estimate of drug-likeness (QED) is 0.587. The fraction of sp³-hybridized carbons (Fsp3) is 0.300. The molecule has 2 rings (SSSR count). The number of hydrogen-bond donors (Lipinski definition) is 1. The zero-order valence-corrected chi connectivity index (χ0v) is 18.6. The molecule has 0 saturated heterocycles. The highest BCUT2D eigenvalue weighted by Gasteiger charge is 2.27. The number of nitrogens with one attached hydrogen (secondary N) is 1. The number of carbonyl (C=O) groups is 2. The highest BCUT2D eigenvalue weighted by atomic mass is 79.9. The molecule has 0 bridgehead atoms. The Morgan fingerprint density at radius 2 is 1.75 bits per heavy atom. The van der Waals surface area contributed by atoms with Gasteiger partial charge in [-0.2, -0.15) is 0 Å². The number of hydrogen-bond acceptors (Lipinski definition) is 3. The second kappa shape index (κ2) is 10.7. The second-order valence-corrected chi connectivity index (χ2v) is 7.77. The number of benzene rings is 2. The third kappa shape index (κ3) is 6.12. The Morgan fingerprint density at radius 3 is 2.32 bits per heavy atom. The lowest BCUT2D eigenvalue weighted by Gasteiger charge is -2.29. The van der Waals surface area contributed by atoms with Gasteiger partial charge in [0.15, 0.2) is 6.61 Å². The van der Waals surface area contributed by atoms with Crippen LogP contribution in [0.3, 0.4) is 0 Å². The molecule has 8 heteroatoms. The Kier molecular flexibility index (Phi) is 8.60. The van der Waals surface area contributed by atoms with Crippen molar-refractivity contribution in [1.29, 1.82) is 0 Å². The molecule has 0 aliphatic heterocycles. The van der Waals surface area contributed by atoms with E-state index in [2.05, 4.69) is 21.2 Å². The summed E-state index contributed by atoms with van der Waals surface area (Å²) in [4.78, 5) is 26.6. The monoisotopic (exact) mass is 486 g/mol. The van der Waals surface area contributed by atoms with Crippen molar-refractivity contribution >= 4 is 50.9 Å². The van der Waals surface area contributed by atoms with Crippen LogP contribution < -0.4 is 10.1 Å². The number of nitrogens with zero attached hydrogens (tertiary/aromatic N) is 1. The first-order valence-corrected chi connectivity index (χ1v) is 10.3. The van der Waals surface area contributed by atoms with E-state index in [4.69, 9.17) is 27.9 Å². The van der Waals surface area contributed by atoms with Crippen LogP contribution in [0.4, 0.5) is 0 Å². The predicted molar refractivity (Wildman–Crippen MR) is 115 cm³/mol. The standard InChI is InChI=1S/C20H21BrCl2N2O3/c1-3-24-20(27)13(2)25(11-16-17(22)5-4-6-18(16)23)19(26)12-28-15-9-7-14(21)8-10-15/h4-10,13H,3,11-12H2,1-2H3,(H,24,27). The normalized spacial score (nSPS) is 11.6. The first-order chi connectivity index (χ1) is 13.3. The maximum atomic E-state index is 12.9. The summed E-state index contributed by atoms with van der Waals surface area (Å²) in [6.45, 7) is 3.83. The number of rotatable bonds is 8. The van der Waals surface area contributed by atoms with Gasteiger partial charge in [0.25, 0.3) is 5.91 Å². The van der Waals surface area contributed by atoms with Crippen LogP contribution in [0.15, 0.2) is 46.9 Å². The van der Waals surface area contributed by atoms with Gasteiger partial charge < -0.3 is 15.0 Å². The van der Waals surface area contributed by atoms with E-state index >= 15 is 0 Å². The lowest BCUT2D eigenvalue weighted by atomic mass is 10.1. The number of amides is 2. The molecule has 5 nitrogen and oxygen atoms in total. The van der Waals surface area contributed by atoms with Gasteiger partial charge in [0, 0.05) is 33.2 Å². The molecule has 2 aromatic carbocycles. The van der Waals surface area contributed by atoms with E-state index < -0.39 is 6.04 Å². The molecule has 0 aliphatic rings. The van der Waals surface area contributed by atoms with E-state index in [1.165, 1.54) is 4.90 Å². The summed E-state index contributed by atoms with van der Waals surface area (Å²) in [5, 5.41) is 3.60. The molecule has 1 N–H and O–H groups in total. The lowest BCUT2D eigenvalue weighted by molar-refractivity contribution is -0.142. The minimum Gasteiger partial charge on any atom is -0.484 e. The summed E-state index contributed by atoms with van der Waals surface area (Å²) in [5.74, 6) is -0.0572. The Hall–Kier alpha value is -1.76. The largest absolute Gasteiger partial charge is 0.484 e. The summed E-state index contributed by atoms with van der Waals surface area (Å²) in [6.07, 6.45) is 0. The van der Waals surface area contributed by atoms with E-state index in [0.29, 0.717) is 27.9 Å². The molecule has 2 aromatic rings. The van der Waals surface area contributed by atoms with Gasteiger partial charge in [0.2, 0.25) is 5.91 Å². The Balaban J connectivity index is 2.20. The van der Waals surface area contributed by atoms with E-state index in [-0.39, 0.29) is 25.0 Å². The zero-order chi connectivity index (χ0) is 20.7. The molecule has 0 fully saturated rings. The highest BCUT2D eigenvalue weighted by Crippen LogP contribution is 2.26. The second-order valence-electron chi connectivity index (χ2n) is 6.04. The van der Waals surface area contributed by atoms with Crippen LogP contribution >= 0.6 is 39.1 Å². The molecule has 0 aliphatic carbocycles. The number of ether oxygens (including phenoxy) is 1. The lowest BCUT2D eigenvalue weighted by Crippen LogP contribution is -2.49. The van der Waals surface area contributed by atoms with Crippen LogP contribution in [0, 0.1) is 0 Å². The molecule has 0 spiro atoms. The van der Waals surface area contributed by atoms with Crippen LogP contribution in [0.2, 0.25) is 10.0 Å². The molecule has 0 radical (unpaired) electrons. The van der Waals surface area contributed by atoms with Gasteiger partial charge in [-0.1, -0.05) is 45.2 Å². The number of likely N-dealkylation sites (N-methyl/N-ethyl adjacent to an activating group) is 1. The average molecular weight is 488 g/mol. The zero-order valence-electron chi connectivity index (χ0n) is 15.5. The van der Waals surface area contributed by atoms with E-state index in [1.807, 2.05) is 19.1 Å². The molecule has 2 amide bonds. The van der Waals surface area contributed by atoms with Gasteiger partial charge >= 0.3 is 0 Å². The predicted octanol–water partition coefficient (Wildman–Crippen LogP) is 4.69. The third-order valence-corrected chi connectivity index (χ3v) is 5.32. The SMILES string of the molecule is CCNC(=O)C(C)N(Cc1c(Cl)cccc1Cl)C(=O)COc1ccc(Br)cc1. The van der Waals surface area contributed by atoms with Crippen molar-refractivity contribution in [3.8, 4) is 5.75 Å². The summed E-state index contributed by atoms with van der Waals surface area (Å²) < 4.78 is 6.49. The smallest absolute Gasteiger partial charge is 0.261 e. The summed E-state index contributed by atoms with van der Waals surface area (Å²) >= 11 is 15.9. The minimum atomic E-state index is -0.715. The van der Waals surface area contributed by atoms with Gasteiger partial charge in [-0.25, -0.2) is 0 Å². The van der Waals surface area contributed by atoms with Gasteiger partial charge in [0.05, 0.1) is 0 Å². The number of halogens is 3. The molecule has 1 atom stereocenters. The molecule has 0 heterocycles. The van der Waals surface area contributed by atoms with Crippen molar-refractivity contribution in [2.45, 2.75) is 26.4 Å². The Labute approximate surface area is 183 Å². The first kappa shape index (κ1) is 22.5. The first-order valence-electron chi connectivity index (χ1n) is 8.72. The summed E-state index contributed by atoms with van der Waals surface area (Å²) in [7, 11) is 0.